The van der Waals surface area contributed by atoms with Gasteiger partial charge < -0.3 is 15.8 Å². The van der Waals surface area contributed by atoms with Gasteiger partial charge in [-0.05, 0) is 36.4 Å². The predicted molar refractivity (Wildman–Crippen MR) is 92.5 cm³/mol. The number of nitrogens with one attached hydrogen (secondary N) is 2. The number of aliphatic imine (C=N–C) groups is 1. The molecule has 8 nitrogen and oxygen atoms in total. The van der Waals surface area contributed by atoms with Crippen LogP contribution in [0.2, 0.25) is 0 Å². The van der Waals surface area contributed by atoms with Crippen LogP contribution in [0, 0.1) is 0 Å². The maximum atomic E-state index is 12.0. The maximum Gasteiger partial charge on any atom is 0.242 e. The van der Waals surface area contributed by atoms with Gasteiger partial charge in [-0.2, -0.15) is 0 Å². The monoisotopic (exact) mass is 349 g/mol. The fourth-order valence-electron chi connectivity index (χ4n) is 1.81. The number of sulfonamides is 1. The largest absolute Gasteiger partial charge is 0.497 e. The van der Waals surface area contributed by atoms with Crippen LogP contribution in [0.3, 0.4) is 0 Å². The van der Waals surface area contributed by atoms with Gasteiger partial charge in [-0.3, -0.25) is 9.98 Å². The molecule has 0 bridgehead atoms. The third-order valence-electron chi connectivity index (χ3n) is 2.99. The van der Waals surface area contributed by atoms with Crippen molar-refractivity contribution < 1.29 is 13.2 Å². The molecule has 0 aliphatic rings. The number of pyridine rings is 1. The van der Waals surface area contributed by atoms with Crippen LogP contribution in [0.15, 0.2) is 58.7 Å². The quantitative estimate of drug-likeness (QED) is 0.386. The minimum absolute atomic E-state index is 0.110. The lowest BCUT2D eigenvalue weighted by Crippen LogP contribution is -2.28. The number of nitrogens with zero attached hydrogens (tertiary/aromatic N) is 2. The summed E-state index contributed by atoms with van der Waals surface area (Å²) in [7, 11) is -1.99. The van der Waals surface area contributed by atoms with E-state index in [0.29, 0.717) is 0 Å². The average molecular weight is 349 g/mol. The van der Waals surface area contributed by atoms with Crippen LogP contribution in [-0.2, 0) is 10.0 Å². The number of hydrogen-bond donors (Lipinski definition) is 3. The molecule has 4 N–H and O–H groups in total. The van der Waals surface area contributed by atoms with Crippen LogP contribution in [0.25, 0.3) is 0 Å². The highest BCUT2D eigenvalue weighted by atomic mass is 32.2. The second-order valence-corrected chi connectivity index (χ2v) is 6.47. The van der Waals surface area contributed by atoms with Gasteiger partial charge in [-0.1, -0.05) is 0 Å². The summed E-state index contributed by atoms with van der Waals surface area (Å²) in [6, 6.07) is 10.2. The number of ether oxygens (including phenoxy) is 1. The minimum atomic E-state index is -3.58. The van der Waals surface area contributed by atoms with Gasteiger partial charge >= 0.3 is 0 Å². The molecule has 0 atom stereocenters. The van der Waals surface area contributed by atoms with Gasteiger partial charge in [0.25, 0.3) is 0 Å². The van der Waals surface area contributed by atoms with Crippen LogP contribution in [0.5, 0.6) is 5.75 Å². The molecule has 1 heterocycles. The van der Waals surface area contributed by atoms with Gasteiger partial charge in [-0.15, -0.1) is 0 Å². The van der Waals surface area contributed by atoms with Crippen LogP contribution in [-0.4, -0.2) is 39.6 Å². The zero-order chi connectivity index (χ0) is 17.4. The highest BCUT2D eigenvalue weighted by molar-refractivity contribution is 7.89. The second-order valence-electron chi connectivity index (χ2n) is 4.71. The van der Waals surface area contributed by atoms with Crippen molar-refractivity contribution in [1.82, 2.24) is 9.71 Å². The van der Waals surface area contributed by atoms with Gasteiger partial charge in [0.05, 0.1) is 13.7 Å². The number of benzene rings is 1. The SMILES string of the molecule is COc1ccc(NC(N)=NCCNS(=O)(=O)c2cccnc2)cc1. The van der Waals surface area contributed by atoms with Crippen molar-refractivity contribution in [1.29, 1.82) is 0 Å². The van der Waals surface area contributed by atoms with Crippen molar-refractivity contribution in [3.8, 4) is 5.75 Å². The van der Waals surface area contributed by atoms with E-state index in [1.807, 2.05) is 0 Å². The van der Waals surface area contributed by atoms with Crippen molar-refractivity contribution in [3.63, 3.8) is 0 Å². The molecule has 0 aliphatic heterocycles. The van der Waals surface area contributed by atoms with E-state index in [0.717, 1.165) is 11.4 Å². The Hall–Kier alpha value is -2.65. The second kappa shape index (κ2) is 8.27. The highest BCUT2D eigenvalue weighted by Crippen LogP contribution is 2.14. The number of guanidine groups is 1. The van der Waals surface area contributed by atoms with Gasteiger partial charge in [0.2, 0.25) is 10.0 Å². The summed E-state index contributed by atoms with van der Waals surface area (Å²) in [4.78, 5) is 7.96. The number of hydrogen-bond acceptors (Lipinski definition) is 5. The Morgan fingerprint density at radius 1 is 1.29 bits per heavy atom. The van der Waals surface area contributed by atoms with Crippen LogP contribution >= 0.6 is 0 Å². The topological polar surface area (TPSA) is 119 Å². The third kappa shape index (κ3) is 5.21. The molecule has 2 rings (SSSR count). The van der Waals surface area contributed by atoms with E-state index in [9.17, 15) is 8.42 Å². The number of methoxy groups -OCH3 is 1. The van der Waals surface area contributed by atoms with E-state index >= 15 is 0 Å². The number of rotatable bonds is 7. The first kappa shape index (κ1) is 17.7. The van der Waals surface area contributed by atoms with Crippen molar-refractivity contribution >= 4 is 21.7 Å². The molecule has 0 aliphatic carbocycles. The van der Waals surface area contributed by atoms with Crippen molar-refractivity contribution in [2.24, 2.45) is 10.7 Å². The molecule has 0 radical (unpaired) electrons. The van der Waals surface area contributed by atoms with Gasteiger partial charge in [-0.25, -0.2) is 13.1 Å². The van der Waals surface area contributed by atoms with E-state index in [-0.39, 0.29) is 23.9 Å². The first-order valence-corrected chi connectivity index (χ1v) is 8.60. The van der Waals surface area contributed by atoms with Crippen molar-refractivity contribution in [2.75, 3.05) is 25.5 Å². The van der Waals surface area contributed by atoms with Crippen molar-refractivity contribution in [3.05, 3.63) is 48.8 Å². The Kier molecular flexibility index (Phi) is 6.10. The zero-order valence-corrected chi connectivity index (χ0v) is 14.0. The summed E-state index contributed by atoms with van der Waals surface area (Å²) < 4.78 is 31.4. The molecule has 1 aromatic carbocycles. The summed E-state index contributed by atoms with van der Waals surface area (Å²) in [5, 5.41) is 2.91. The van der Waals surface area contributed by atoms with Crippen molar-refractivity contribution in [2.45, 2.75) is 4.90 Å². The molecule has 0 amide bonds. The number of anilines is 1. The van der Waals surface area contributed by atoms with E-state index in [2.05, 4.69) is 20.0 Å². The minimum Gasteiger partial charge on any atom is -0.497 e. The van der Waals surface area contributed by atoms with E-state index in [1.54, 1.807) is 37.4 Å². The zero-order valence-electron chi connectivity index (χ0n) is 13.1. The summed E-state index contributed by atoms with van der Waals surface area (Å²) in [5.41, 5.74) is 6.52. The first-order chi connectivity index (χ1) is 11.5. The fraction of sp³-hybridized carbons (Fsp3) is 0.200. The Balaban J connectivity index is 1.82. The molecule has 128 valence electrons. The molecule has 1 aromatic heterocycles. The lowest BCUT2D eigenvalue weighted by atomic mass is 10.3. The molecule has 0 saturated heterocycles. The molecular formula is C15H19N5O3S. The number of nitrogens with two attached hydrogens (primary N) is 1. The molecule has 0 spiro atoms. The van der Waals surface area contributed by atoms with Gasteiger partial charge in [0.15, 0.2) is 5.96 Å². The molecular weight excluding hydrogens is 330 g/mol. The van der Waals surface area contributed by atoms with Crippen LogP contribution < -0.4 is 20.5 Å². The summed E-state index contributed by atoms with van der Waals surface area (Å²) >= 11 is 0. The van der Waals surface area contributed by atoms with E-state index in [1.165, 1.54) is 18.5 Å². The predicted octanol–water partition coefficient (Wildman–Crippen LogP) is 0.795. The normalized spacial score (nSPS) is 12.0. The molecule has 24 heavy (non-hydrogen) atoms. The third-order valence-corrected chi connectivity index (χ3v) is 4.44. The molecule has 0 unspecified atom stereocenters. The van der Waals surface area contributed by atoms with Gasteiger partial charge in [0.1, 0.15) is 10.6 Å². The highest BCUT2D eigenvalue weighted by Gasteiger charge is 2.12. The van der Waals surface area contributed by atoms with Crippen LogP contribution in [0.1, 0.15) is 0 Å². The summed E-state index contributed by atoms with van der Waals surface area (Å²) in [6.07, 6.45) is 2.79. The fourth-order valence-corrected chi connectivity index (χ4v) is 2.79. The summed E-state index contributed by atoms with van der Waals surface area (Å²) in [6.45, 7) is 0.330. The van der Waals surface area contributed by atoms with Crippen LogP contribution in [0.4, 0.5) is 5.69 Å². The molecule has 0 saturated carbocycles. The molecule has 9 heteroatoms. The Morgan fingerprint density at radius 3 is 2.67 bits per heavy atom. The first-order valence-electron chi connectivity index (χ1n) is 7.12. The average Bonchev–Trinajstić information content (AvgIpc) is 2.60. The lowest BCUT2D eigenvalue weighted by Gasteiger charge is -2.07. The molecule has 0 fully saturated rings. The summed E-state index contributed by atoms with van der Waals surface area (Å²) in [5.74, 6) is 0.932. The lowest BCUT2D eigenvalue weighted by molar-refractivity contribution is 0.415. The Labute approximate surface area is 140 Å². The Bertz CT molecular complexity index is 777. The Morgan fingerprint density at radius 2 is 2.04 bits per heavy atom. The van der Waals surface area contributed by atoms with Gasteiger partial charge in [0, 0.05) is 24.6 Å². The van der Waals surface area contributed by atoms with E-state index in [4.69, 9.17) is 10.5 Å². The number of aromatic nitrogens is 1. The standard InChI is InChI=1S/C15H19N5O3S/c1-23-13-6-4-12(5-7-13)20-15(16)18-9-10-19-24(21,22)14-3-2-8-17-11-14/h2-8,11,19H,9-10H2,1H3,(H3,16,18,20). The smallest absolute Gasteiger partial charge is 0.242 e. The molecule has 2 aromatic rings. The van der Waals surface area contributed by atoms with E-state index < -0.39 is 10.0 Å². The maximum absolute atomic E-state index is 12.0.